The van der Waals surface area contributed by atoms with Crippen molar-refractivity contribution in [3.8, 4) is 0 Å². The summed E-state index contributed by atoms with van der Waals surface area (Å²) >= 11 is 0. The Morgan fingerprint density at radius 3 is 1.97 bits per heavy atom. The lowest BCUT2D eigenvalue weighted by Crippen LogP contribution is -2.89. The molecule has 0 amide bonds. The van der Waals surface area contributed by atoms with Crippen molar-refractivity contribution in [3.05, 3.63) is 101 Å². The molecule has 2 aromatic carbocycles. The first-order valence-electron chi connectivity index (χ1n) is 20.7. The molecule has 18 heteroatoms. The summed E-state index contributed by atoms with van der Waals surface area (Å²) in [7, 11) is 0. The summed E-state index contributed by atoms with van der Waals surface area (Å²) in [5, 5.41) is 26.7. The molecule has 2 aliphatic heterocycles. The van der Waals surface area contributed by atoms with Gasteiger partial charge in [-0.15, -0.1) is 0 Å². The number of aromatic nitrogens is 1. The second-order valence-corrected chi connectivity index (χ2v) is 17.0. The van der Waals surface area contributed by atoms with Crippen LogP contribution in [-0.2, 0) is 63.5 Å². The summed E-state index contributed by atoms with van der Waals surface area (Å²) in [4.78, 5) is 101. The number of esters is 7. The van der Waals surface area contributed by atoms with Crippen LogP contribution in [0.2, 0.25) is 0 Å². The zero-order valence-electron chi connectivity index (χ0n) is 35.9. The van der Waals surface area contributed by atoms with Gasteiger partial charge in [-0.2, -0.15) is 0 Å². The molecule has 0 unspecified atom stereocenters. The fourth-order valence-electron chi connectivity index (χ4n) is 10.0. The third kappa shape index (κ3) is 7.66. The van der Waals surface area contributed by atoms with Crippen molar-refractivity contribution in [2.24, 2.45) is 17.3 Å². The van der Waals surface area contributed by atoms with E-state index in [0.29, 0.717) is 0 Å². The van der Waals surface area contributed by atoms with Gasteiger partial charge in [-0.1, -0.05) is 43.3 Å². The van der Waals surface area contributed by atoms with Crippen molar-refractivity contribution < 1.29 is 81.7 Å². The highest BCUT2D eigenvalue weighted by atomic mass is 16.7. The van der Waals surface area contributed by atoms with E-state index in [2.05, 4.69) is 4.98 Å². The monoisotopic (exact) mass is 887 g/mol. The number of pyridine rings is 1. The zero-order valence-corrected chi connectivity index (χ0v) is 35.9. The minimum Gasteiger partial charge on any atom is -0.465 e. The van der Waals surface area contributed by atoms with Crippen LogP contribution in [0.15, 0.2) is 79.0 Å². The van der Waals surface area contributed by atoms with Crippen LogP contribution >= 0.6 is 0 Å². The number of carbonyl (C=O) groups excluding carboxylic acids is 7. The Bertz CT molecular complexity index is 2320. The van der Waals surface area contributed by atoms with Crippen molar-refractivity contribution in [2.75, 3.05) is 13.2 Å². The number of aliphatic hydroxyl groups excluding tert-OH is 1. The Labute approximate surface area is 367 Å². The van der Waals surface area contributed by atoms with E-state index in [1.165, 1.54) is 80.7 Å². The Morgan fingerprint density at radius 1 is 0.781 bits per heavy atom. The Hall–Kier alpha value is -6.24. The Morgan fingerprint density at radius 2 is 1.38 bits per heavy atom. The van der Waals surface area contributed by atoms with Crippen LogP contribution in [0, 0.1) is 17.3 Å². The molecule has 3 aromatic rings. The lowest BCUT2D eigenvalue weighted by Gasteiger charge is -2.67. The average molecular weight is 888 g/mol. The standard InChI is InChI=1S/C46H49NO17/c1-24-19-20-31-30(18-13-21-47-31)42(55)58-22-43(5)32-33(59-26(3)49)37(60-27(4)50)45(23-57-25(2)48)38(63-41(54)29-16-11-8-12-17-29)34(61-40(53)28-14-9-7-10-15-28)36(62-39(24)52)44(6,56)46(45,64-43)35(32)51/h7-18,21,24,32-38,51,56H,19-20,22-23H2,1-6H3/t24-,32+,33+,34-,35+,36-,37+,38-,43-,44-,45+,46-/m0/s1. The second kappa shape index (κ2) is 17.4. The maximum Gasteiger partial charge on any atom is 0.340 e. The number of rotatable bonds is 8. The van der Waals surface area contributed by atoms with E-state index in [-0.39, 0.29) is 35.2 Å². The van der Waals surface area contributed by atoms with E-state index in [1.54, 1.807) is 12.1 Å². The molecular weight excluding hydrogens is 838 g/mol. The minimum atomic E-state index is -2.86. The summed E-state index contributed by atoms with van der Waals surface area (Å²) in [5.74, 6) is -9.68. The van der Waals surface area contributed by atoms with Gasteiger partial charge in [0.1, 0.15) is 41.5 Å². The SMILES string of the molecule is CC(=O)OC[C@]12[C@H](OC(C)=O)[C@H](OC(C)=O)[C@@H]3[C@@H](O)[C@@]14O[C@@]3(C)COC(=O)c1cccnc1CC[C@H](C)C(=O)O[C@@H]([C@H](OC(=O)c1ccccc1)[C@@H]2OC(=O)c1ccccc1)[C@]4(C)O. The van der Waals surface area contributed by atoms with E-state index in [4.69, 9.17) is 37.9 Å². The number of hydrogen-bond donors (Lipinski definition) is 2. The topological polar surface area (TPSA) is 247 Å². The largest absolute Gasteiger partial charge is 0.465 e. The molecule has 64 heavy (non-hydrogen) atoms. The van der Waals surface area contributed by atoms with Crippen LogP contribution in [0.5, 0.6) is 0 Å². The van der Waals surface area contributed by atoms with Crippen molar-refractivity contribution in [2.45, 2.75) is 108 Å². The van der Waals surface area contributed by atoms with E-state index in [0.717, 1.165) is 27.7 Å². The van der Waals surface area contributed by atoms with Gasteiger partial charge in [-0.3, -0.25) is 24.2 Å². The second-order valence-electron chi connectivity index (χ2n) is 17.0. The van der Waals surface area contributed by atoms with E-state index in [1.807, 2.05) is 0 Å². The van der Waals surface area contributed by atoms with E-state index in [9.17, 15) is 43.8 Å². The van der Waals surface area contributed by atoms with Crippen molar-refractivity contribution in [3.63, 3.8) is 0 Å². The molecule has 3 fully saturated rings. The molecule has 0 radical (unpaired) electrons. The number of nitrogens with zero attached hydrogens (tertiary/aromatic N) is 1. The Kier molecular flexibility index (Phi) is 12.4. The van der Waals surface area contributed by atoms with Crippen molar-refractivity contribution >= 4 is 41.8 Å². The van der Waals surface area contributed by atoms with Gasteiger partial charge >= 0.3 is 41.8 Å². The first kappa shape index (κ1) is 45.8. The fourth-order valence-corrected chi connectivity index (χ4v) is 10.0. The van der Waals surface area contributed by atoms with Crippen LogP contribution in [0.4, 0.5) is 0 Å². The average Bonchev–Trinajstić information content (AvgIpc) is 3.46. The van der Waals surface area contributed by atoms with Gasteiger partial charge in [-0.25, -0.2) is 14.4 Å². The highest BCUT2D eigenvalue weighted by Crippen LogP contribution is 2.69. The number of hydrogen-bond acceptors (Lipinski definition) is 18. The third-order valence-corrected chi connectivity index (χ3v) is 12.8. The quantitative estimate of drug-likeness (QED) is 0.244. The van der Waals surface area contributed by atoms with Crippen LogP contribution in [-0.4, -0.2) is 124 Å². The summed E-state index contributed by atoms with van der Waals surface area (Å²) in [6, 6.07) is 17.9. The molecule has 1 aromatic heterocycles. The minimum absolute atomic E-state index is 0.0327. The third-order valence-electron chi connectivity index (χ3n) is 12.8. The molecular formula is C46H49NO17. The smallest absolute Gasteiger partial charge is 0.340 e. The number of benzene rings is 2. The molecule has 1 saturated heterocycles. The molecule has 18 nitrogen and oxygen atoms in total. The maximum absolute atomic E-state index is 14.5. The molecule has 2 saturated carbocycles. The number of carbonyl (C=O) groups is 7. The molecule has 12 atom stereocenters. The summed E-state index contributed by atoms with van der Waals surface area (Å²) in [5.41, 5.74) is -10.2. The van der Waals surface area contributed by atoms with Gasteiger partial charge in [-0.05, 0) is 63.1 Å². The summed E-state index contributed by atoms with van der Waals surface area (Å²) in [6.07, 6.45) is -10.9. The summed E-state index contributed by atoms with van der Waals surface area (Å²) < 4.78 is 49.6. The molecule has 3 heterocycles. The van der Waals surface area contributed by atoms with Gasteiger partial charge in [0.25, 0.3) is 0 Å². The zero-order chi connectivity index (χ0) is 46.4. The van der Waals surface area contributed by atoms with E-state index < -0.39 is 126 Å². The number of aliphatic hydroxyl groups is 2. The highest BCUT2D eigenvalue weighted by molar-refractivity contribution is 5.91. The molecule has 4 bridgehead atoms. The number of aryl methyl sites for hydroxylation is 1. The van der Waals surface area contributed by atoms with Gasteiger partial charge in [0.15, 0.2) is 24.4 Å². The van der Waals surface area contributed by atoms with Gasteiger partial charge in [0.2, 0.25) is 0 Å². The molecule has 2 aliphatic carbocycles. The van der Waals surface area contributed by atoms with Crippen molar-refractivity contribution in [1.82, 2.24) is 4.98 Å². The van der Waals surface area contributed by atoms with Crippen LogP contribution < -0.4 is 0 Å². The number of cyclic esters (lactones) is 1. The van der Waals surface area contributed by atoms with Crippen molar-refractivity contribution in [1.29, 1.82) is 0 Å². The van der Waals surface area contributed by atoms with Crippen LogP contribution in [0.1, 0.15) is 84.7 Å². The molecule has 2 N–H and O–H groups in total. The first-order chi connectivity index (χ1) is 30.3. The lowest BCUT2D eigenvalue weighted by atomic mass is 9.45. The lowest BCUT2D eigenvalue weighted by molar-refractivity contribution is -0.384. The predicted molar refractivity (Wildman–Crippen MR) is 216 cm³/mol. The number of fused-ring (bicyclic) bond motifs is 5. The highest BCUT2D eigenvalue weighted by Gasteiger charge is 2.91. The first-order valence-corrected chi connectivity index (χ1v) is 20.7. The molecule has 4 aliphatic rings. The van der Waals surface area contributed by atoms with Gasteiger partial charge < -0.3 is 48.1 Å². The fraction of sp³-hybridized carbons (Fsp3) is 0.478. The normalized spacial score (nSPS) is 34.3. The van der Waals surface area contributed by atoms with Crippen LogP contribution in [0.25, 0.3) is 0 Å². The van der Waals surface area contributed by atoms with Crippen LogP contribution in [0.3, 0.4) is 0 Å². The Balaban J connectivity index is 1.59. The molecule has 7 rings (SSSR count). The maximum atomic E-state index is 14.5. The number of ether oxygens (including phenoxy) is 8. The van der Waals surface area contributed by atoms with Gasteiger partial charge in [0, 0.05) is 27.0 Å². The predicted octanol–water partition coefficient (Wildman–Crippen LogP) is 2.88. The van der Waals surface area contributed by atoms with E-state index >= 15 is 0 Å². The summed E-state index contributed by atoms with van der Waals surface area (Å²) in [6.45, 7) is 5.22. The molecule has 1 spiro atoms. The van der Waals surface area contributed by atoms with Gasteiger partial charge in [0.05, 0.1) is 40.3 Å². The molecule has 340 valence electrons.